The standard InChI is InChI=1S/C48H54N4O22/c53-29(21-71-41(65)13-25-1-5-33(57)37(61)9-25)17-49-45-46(51(47(49)69)19-31(55)23-73-43(67)15-27-3-7-35(59)39(63)11-27)52(20-32(56)24-74-44(68)16-28-4-8-36(60)40(64)12-28)48(70)50(45)18-30(54)22-72-42(66)14-26-2-6-34(58)38(62)10-26/h1-12,29-32,45-46,53-64H,13-24H2. The highest BCUT2D eigenvalue weighted by molar-refractivity contribution is 5.85. The van der Waals surface area contributed by atoms with Crippen molar-refractivity contribution in [3.63, 3.8) is 0 Å². The number of esters is 4. The summed E-state index contributed by atoms with van der Waals surface area (Å²) in [6, 6.07) is 12.4. The molecule has 12 N–H and O–H groups in total. The minimum absolute atomic E-state index is 0.232. The number of ether oxygens (including phenoxy) is 4. The minimum Gasteiger partial charge on any atom is -0.504 e. The number of hydrogen-bond donors (Lipinski definition) is 12. The van der Waals surface area contributed by atoms with Crippen molar-refractivity contribution < 1.29 is 109 Å². The van der Waals surface area contributed by atoms with Crippen LogP contribution in [-0.2, 0) is 63.8 Å². The molecule has 2 saturated heterocycles. The summed E-state index contributed by atoms with van der Waals surface area (Å²) in [5.74, 6) is -7.41. The molecule has 74 heavy (non-hydrogen) atoms. The Balaban J connectivity index is 1.22. The van der Waals surface area contributed by atoms with Crippen LogP contribution in [0, 0.1) is 0 Å². The molecule has 6 rings (SSSR count). The van der Waals surface area contributed by atoms with Crippen LogP contribution in [0.4, 0.5) is 9.59 Å². The quantitative estimate of drug-likeness (QED) is 0.0236. The number of fused-ring (bicyclic) bond motifs is 1. The third-order valence-corrected chi connectivity index (χ3v) is 11.5. The Morgan fingerprint density at radius 3 is 0.757 bits per heavy atom. The summed E-state index contributed by atoms with van der Waals surface area (Å²) in [5.41, 5.74) is 0.928. The van der Waals surface area contributed by atoms with Crippen LogP contribution in [0.5, 0.6) is 46.0 Å². The summed E-state index contributed by atoms with van der Waals surface area (Å²) in [5, 5.41) is 123. The van der Waals surface area contributed by atoms with E-state index in [1.807, 2.05) is 0 Å². The first-order valence-electron chi connectivity index (χ1n) is 22.6. The van der Waals surface area contributed by atoms with Crippen molar-refractivity contribution >= 4 is 35.9 Å². The van der Waals surface area contributed by atoms with Gasteiger partial charge in [-0.05, 0) is 70.8 Å². The number of amides is 4. The average Bonchev–Trinajstić information content (AvgIpc) is 3.75. The summed E-state index contributed by atoms with van der Waals surface area (Å²) in [6.07, 6.45) is -11.5. The number of aromatic hydroxyl groups is 8. The van der Waals surface area contributed by atoms with E-state index in [0.29, 0.717) is 0 Å². The van der Waals surface area contributed by atoms with Gasteiger partial charge in [0.2, 0.25) is 0 Å². The van der Waals surface area contributed by atoms with Gasteiger partial charge in [0.25, 0.3) is 0 Å². The molecule has 4 aromatic carbocycles. The summed E-state index contributed by atoms with van der Waals surface area (Å²) in [6.45, 7) is -5.80. The molecule has 4 aromatic rings. The van der Waals surface area contributed by atoms with E-state index in [4.69, 9.17) is 18.9 Å². The predicted molar refractivity (Wildman–Crippen MR) is 247 cm³/mol. The molecule has 4 unspecified atom stereocenters. The minimum atomic E-state index is -1.70. The number of aliphatic hydroxyl groups is 4. The molecule has 0 spiro atoms. The molecule has 2 aliphatic rings. The van der Waals surface area contributed by atoms with Gasteiger partial charge in [-0.15, -0.1) is 0 Å². The number of urea groups is 2. The zero-order valence-electron chi connectivity index (χ0n) is 39.1. The summed E-state index contributed by atoms with van der Waals surface area (Å²) in [4.78, 5) is 83.8. The monoisotopic (exact) mass is 1040 g/mol. The molecule has 26 heteroatoms. The zero-order valence-corrected chi connectivity index (χ0v) is 39.1. The Labute approximate surface area is 419 Å². The first-order valence-corrected chi connectivity index (χ1v) is 22.6. The predicted octanol–water partition coefficient (Wildman–Crippen LogP) is -0.654. The number of phenolic OH excluding ortho intramolecular Hbond substituents is 8. The Morgan fingerprint density at radius 2 is 0.568 bits per heavy atom. The van der Waals surface area contributed by atoms with Gasteiger partial charge in [-0.3, -0.25) is 38.8 Å². The third kappa shape index (κ3) is 14.4. The first-order chi connectivity index (χ1) is 35.1. The van der Waals surface area contributed by atoms with Crippen LogP contribution in [0.3, 0.4) is 0 Å². The average molecular weight is 1040 g/mol. The maximum Gasteiger partial charge on any atom is 0.323 e. The first kappa shape index (κ1) is 54.9. The summed E-state index contributed by atoms with van der Waals surface area (Å²) >= 11 is 0. The molecule has 26 nitrogen and oxygen atoms in total. The molecule has 4 amide bonds. The van der Waals surface area contributed by atoms with Crippen molar-refractivity contribution in [2.45, 2.75) is 62.4 Å². The number of hydrogen-bond acceptors (Lipinski definition) is 22. The molecule has 4 atom stereocenters. The van der Waals surface area contributed by atoms with Gasteiger partial charge < -0.3 is 80.2 Å². The van der Waals surface area contributed by atoms with Crippen LogP contribution in [-0.4, -0.2) is 206 Å². The molecule has 0 radical (unpaired) electrons. The molecule has 0 saturated carbocycles. The highest BCUT2D eigenvalue weighted by Crippen LogP contribution is 2.36. The van der Waals surface area contributed by atoms with Crippen LogP contribution < -0.4 is 0 Å². The topological polar surface area (TPSA) is 395 Å². The van der Waals surface area contributed by atoms with Gasteiger partial charge >= 0.3 is 35.9 Å². The number of aliphatic hydroxyl groups excluding tert-OH is 4. The van der Waals surface area contributed by atoms with Gasteiger partial charge in [0.15, 0.2) is 46.0 Å². The van der Waals surface area contributed by atoms with E-state index in [1.165, 1.54) is 24.3 Å². The normalized spacial score (nSPS) is 16.9. The Kier molecular flexibility index (Phi) is 18.0. The van der Waals surface area contributed by atoms with Crippen molar-refractivity contribution in [2.75, 3.05) is 52.6 Å². The van der Waals surface area contributed by atoms with E-state index in [2.05, 4.69) is 0 Å². The van der Waals surface area contributed by atoms with Crippen LogP contribution in [0.15, 0.2) is 72.8 Å². The molecule has 0 aliphatic carbocycles. The second kappa shape index (κ2) is 24.3. The van der Waals surface area contributed by atoms with Crippen LogP contribution in [0.25, 0.3) is 0 Å². The fourth-order valence-electron chi connectivity index (χ4n) is 7.97. The molecule has 0 bridgehead atoms. The van der Waals surface area contributed by atoms with Crippen molar-refractivity contribution in [1.29, 1.82) is 0 Å². The van der Waals surface area contributed by atoms with Gasteiger partial charge in [-0.25, -0.2) is 9.59 Å². The van der Waals surface area contributed by atoms with Gasteiger partial charge in [0, 0.05) is 0 Å². The maximum atomic E-state index is 14.5. The smallest absolute Gasteiger partial charge is 0.323 e. The Bertz CT molecular complexity index is 2350. The molecule has 398 valence electrons. The summed E-state index contributed by atoms with van der Waals surface area (Å²) < 4.78 is 20.9. The number of β-amino-alcohol motifs (C(OH)–C–C–N with tert-alkyl or cyclic N) is 4. The molecule has 2 fully saturated rings. The van der Waals surface area contributed by atoms with Crippen LogP contribution in [0.1, 0.15) is 22.3 Å². The molecule has 0 aromatic heterocycles. The van der Waals surface area contributed by atoms with Crippen molar-refractivity contribution in [1.82, 2.24) is 19.6 Å². The highest BCUT2D eigenvalue weighted by Gasteiger charge is 2.60. The lowest BCUT2D eigenvalue weighted by molar-refractivity contribution is -0.147. The Hall–Kier alpha value is -8.46. The SMILES string of the molecule is O=C(Cc1ccc(O)c(O)c1)OCC(O)CN1C(=O)N(CC(O)COC(=O)Cc2ccc(O)c(O)c2)C2C1N(CC(O)COC(=O)Cc1ccc(O)c(O)c1)C(=O)N2CC(O)COC(=O)Cc1ccc(O)c(O)c1. The molecular formula is C48H54N4O22. The highest BCUT2D eigenvalue weighted by atomic mass is 16.6. The largest absolute Gasteiger partial charge is 0.504 e. The fraction of sp³-hybridized carbons (Fsp3) is 0.375. The van der Waals surface area contributed by atoms with Crippen LogP contribution >= 0.6 is 0 Å². The van der Waals surface area contributed by atoms with E-state index in [-0.39, 0.29) is 22.3 Å². The van der Waals surface area contributed by atoms with E-state index < -0.39 is 197 Å². The number of nitrogens with zero attached hydrogens (tertiary/aromatic N) is 4. The molecule has 2 heterocycles. The van der Waals surface area contributed by atoms with Crippen LogP contribution in [0.2, 0.25) is 0 Å². The molecule has 2 aliphatic heterocycles. The number of benzene rings is 4. The van der Waals surface area contributed by atoms with Crippen molar-refractivity contribution in [2.24, 2.45) is 0 Å². The Morgan fingerprint density at radius 1 is 0.365 bits per heavy atom. The van der Waals surface area contributed by atoms with Gasteiger partial charge in [-0.2, -0.15) is 0 Å². The van der Waals surface area contributed by atoms with Gasteiger partial charge in [-0.1, -0.05) is 24.3 Å². The second-order valence-corrected chi connectivity index (χ2v) is 17.3. The number of carbonyl (C=O) groups is 6. The lowest BCUT2D eigenvalue weighted by Gasteiger charge is -2.32. The number of phenols is 8. The van der Waals surface area contributed by atoms with Gasteiger partial charge in [0.1, 0.15) is 63.2 Å². The van der Waals surface area contributed by atoms with E-state index in [9.17, 15) is 90.0 Å². The zero-order chi connectivity index (χ0) is 54.0. The number of carbonyl (C=O) groups excluding carboxylic acids is 6. The lowest BCUT2D eigenvalue weighted by atomic mass is 10.1. The van der Waals surface area contributed by atoms with Crippen molar-refractivity contribution in [3.05, 3.63) is 95.1 Å². The lowest BCUT2D eigenvalue weighted by Crippen LogP contribution is -2.52. The fourth-order valence-corrected chi connectivity index (χ4v) is 7.97. The van der Waals surface area contributed by atoms with E-state index in [0.717, 1.165) is 68.1 Å². The number of rotatable bonds is 24. The van der Waals surface area contributed by atoms with Gasteiger partial charge in [0.05, 0.1) is 51.9 Å². The van der Waals surface area contributed by atoms with E-state index in [1.54, 1.807) is 0 Å². The van der Waals surface area contributed by atoms with Crippen molar-refractivity contribution in [3.8, 4) is 46.0 Å². The summed E-state index contributed by atoms with van der Waals surface area (Å²) in [7, 11) is 0. The second-order valence-electron chi connectivity index (χ2n) is 17.3. The molecular weight excluding hydrogens is 985 g/mol. The third-order valence-electron chi connectivity index (χ3n) is 11.5. The maximum absolute atomic E-state index is 14.5. The van der Waals surface area contributed by atoms with E-state index >= 15 is 0 Å².